The molecule has 19 heavy (non-hydrogen) atoms. The van der Waals surface area contributed by atoms with E-state index in [9.17, 15) is 4.79 Å². The maximum absolute atomic E-state index is 11.9. The second-order valence-corrected chi connectivity index (χ2v) is 4.22. The van der Waals surface area contributed by atoms with Gasteiger partial charge >= 0.3 is 0 Å². The van der Waals surface area contributed by atoms with Crippen molar-refractivity contribution in [3.05, 3.63) is 11.5 Å². The Morgan fingerprint density at radius 3 is 3.16 bits per heavy atom. The normalized spacial score (nSPS) is 19.5. The fraction of sp³-hybridized carbons (Fsp3) is 0.400. The van der Waals surface area contributed by atoms with Gasteiger partial charge in [-0.3, -0.25) is 10.1 Å². The molecule has 1 aliphatic rings. The van der Waals surface area contributed by atoms with E-state index in [2.05, 4.69) is 25.3 Å². The highest BCUT2D eigenvalue weighted by atomic mass is 35.5. The lowest BCUT2D eigenvalue weighted by molar-refractivity contribution is -0.142. The summed E-state index contributed by atoms with van der Waals surface area (Å²) < 4.78 is 10.4. The lowest BCUT2D eigenvalue weighted by atomic mass is 10.3. The molecule has 0 aromatic carbocycles. The molecule has 2 N–H and O–H groups in total. The summed E-state index contributed by atoms with van der Waals surface area (Å²) in [6.07, 6.45) is 0.792. The molecule has 8 nitrogen and oxygen atoms in total. The molecule has 1 aliphatic heterocycles. The van der Waals surface area contributed by atoms with Crippen molar-refractivity contribution in [2.24, 2.45) is 0 Å². The monoisotopic (exact) mass is 283 g/mol. The average Bonchev–Trinajstić information content (AvgIpc) is 2.88. The van der Waals surface area contributed by atoms with Crippen LogP contribution >= 0.6 is 11.6 Å². The van der Waals surface area contributed by atoms with Crippen molar-refractivity contribution in [1.29, 1.82) is 0 Å². The Bertz CT molecular complexity index is 610. The number of amides is 1. The molecule has 3 heterocycles. The van der Waals surface area contributed by atoms with Gasteiger partial charge in [0.05, 0.1) is 26.1 Å². The number of nitrogens with one attached hydrogen (secondary N) is 2. The number of ether oxygens (including phenoxy) is 2. The van der Waals surface area contributed by atoms with Gasteiger partial charge in [-0.2, -0.15) is 9.97 Å². The quantitative estimate of drug-likeness (QED) is 0.772. The smallest absolute Gasteiger partial charge is 0.258 e. The first-order chi connectivity index (χ1) is 9.24. The first-order valence-corrected chi connectivity index (χ1v) is 5.98. The summed E-state index contributed by atoms with van der Waals surface area (Å²) in [5, 5.41) is 2.72. The molecular weight excluding hydrogens is 274 g/mol. The molecule has 0 bridgehead atoms. The molecule has 1 atom stereocenters. The largest absolute Gasteiger partial charge is 0.376 e. The molecule has 1 amide bonds. The second-order valence-electron chi connectivity index (χ2n) is 3.86. The highest BCUT2D eigenvalue weighted by Gasteiger charge is 2.23. The minimum absolute atomic E-state index is 0.0868. The number of aromatic amines is 1. The Labute approximate surface area is 112 Å². The van der Waals surface area contributed by atoms with Gasteiger partial charge in [-0.05, 0) is 0 Å². The van der Waals surface area contributed by atoms with Crippen LogP contribution < -0.4 is 5.32 Å². The third-order valence-corrected chi connectivity index (χ3v) is 2.86. The van der Waals surface area contributed by atoms with Crippen molar-refractivity contribution in [2.45, 2.75) is 6.10 Å². The standard InChI is InChI=1S/C10H10ClN5O3/c11-7-6-8(13-4-12-6)15-10(14-7)16-9(17)5-3-18-1-2-19-5/h4-5H,1-3H2,(H2,12,13,14,15,16,17). The topological polar surface area (TPSA) is 102 Å². The number of nitrogens with zero attached hydrogens (tertiary/aromatic N) is 3. The zero-order valence-corrected chi connectivity index (χ0v) is 10.5. The average molecular weight is 284 g/mol. The summed E-state index contributed by atoms with van der Waals surface area (Å²) in [4.78, 5) is 26.7. The minimum Gasteiger partial charge on any atom is -0.376 e. The molecular formula is C10H10ClN5O3. The number of aromatic nitrogens is 4. The number of halogens is 1. The Balaban J connectivity index is 1.78. The van der Waals surface area contributed by atoms with Gasteiger partial charge in [0.25, 0.3) is 5.91 Å². The van der Waals surface area contributed by atoms with Gasteiger partial charge in [0.15, 0.2) is 16.9 Å². The lowest BCUT2D eigenvalue weighted by Gasteiger charge is -2.21. The van der Waals surface area contributed by atoms with Crippen LogP contribution in [0.2, 0.25) is 5.15 Å². The van der Waals surface area contributed by atoms with E-state index in [1.165, 1.54) is 6.33 Å². The van der Waals surface area contributed by atoms with Crippen LogP contribution in [0.15, 0.2) is 6.33 Å². The third kappa shape index (κ3) is 2.50. The third-order valence-electron chi connectivity index (χ3n) is 2.58. The summed E-state index contributed by atoms with van der Waals surface area (Å²) in [6, 6.07) is 0. The van der Waals surface area contributed by atoms with Gasteiger partial charge in [-0.1, -0.05) is 11.6 Å². The molecule has 2 aromatic rings. The number of anilines is 1. The SMILES string of the molecule is O=C(Nc1nc(Cl)c2[nH]cnc2n1)C1COCCO1. The van der Waals surface area contributed by atoms with Crippen LogP contribution in [-0.4, -0.2) is 51.8 Å². The summed E-state index contributed by atoms with van der Waals surface area (Å²) in [6.45, 7) is 1.09. The Morgan fingerprint density at radius 1 is 1.47 bits per heavy atom. The van der Waals surface area contributed by atoms with Crippen LogP contribution in [0.5, 0.6) is 0 Å². The van der Waals surface area contributed by atoms with Gasteiger partial charge < -0.3 is 14.5 Å². The summed E-state index contributed by atoms with van der Waals surface area (Å²) in [7, 11) is 0. The maximum atomic E-state index is 11.9. The number of H-pyrrole nitrogens is 1. The highest BCUT2D eigenvalue weighted by molar-refractivity contribution is 6.33. The zero-order valence-electron chi connectivity index (χ0n) is 9.72. The van der Waals surface area contributed by atoms with E-state index in [0.29, 0.717) is 24.4 Å². The van der Waals surface area contributed by atoms with E-state index < -0.39 is 6.10 Å². The first kappa shape index (κ1) is 12.3. The van der Waals surface area contributed by atoms with Crippen molar-refractivity contribution < 1.29 is 14.3 Å². The predicted octanol–water partition coefficient (Wildman–Crippen LogP) is 0.360. The van der Waals surface area contributed by atoms with Crippen molar-refractivity contribution in [2.75, 3.05) is 25.1 Å². The summed E-state index contributed by atoms with van der Waals surface area (Å²) in [5.41, 5.74) is 0.910. The van der Waals surface area contributed by atoms with Gasteiger partial charge in [-0.15, -0.1) is 0 Å². The number of imidazole rings is 1. The number of hydrogen-bond acceptors (Lipinski definition) is 6. The molecule has 2 aromatic heterocycles. The van der Waals surface area contributed by atoms with E-state index in [0.717, 1.165) is 0 Å². The molecule has 1 saturated heterocycles. The molecule has 1 fully saturated rings. The Hall–Kier alpha value is -1.77. The number of carbonyl (C=O) groups excluding carboxylic acids is 1. The van der Waals surface area contributed by atoms with Crippen molar-refractivity contribution in [3.63, 3.8) is 0 Å². The van der Waals surface area contributed by atoms with E-state index in [-0.39, 0.29) is 23.6 Å². The Kier molecular flexibility index (Phi) is 3.28. The molecule has 100 valence electrons. The maximum Gasteiger partial charge on any atom is 0.258 e. The number of hydrogen-bond donors (Lipinski definition) is 2. The van der Waals surface area contributed by atoms with Crippen LogP contribution in [0.25, 0.3) is 11.2 Å². The van der Waals surface area contributed by atoms with Crippen molar-refractivity contribution >= 4 is 34.6 Å². The molecule has 1 unspecified atom stereocenters. The van der Waals surface area contributed by atoms with Crippen LogP contribution in [0.4, 0.5) is 5.95 Å². The fourth-order valence-corrected chi connectivity index (χ4v) is 1.90. The number of carbonyl (C=O) groups is 1. The zero-order chi connectivity index (χ0) is 13.2. The van der Waals surface area contributed by atoms with Crippen molar-refractivity contribution in [1.82, 2.24) is 19.9 Å². The molecule has 3 rings (SSSR count). The second kappa shape index (κ2) is 5.08. The highest BCUT2D eigenvalue weighted by Crippen LogP contribution is 2.18. The van der Waals surface area contributed by atoms with Crippen LogP contribution in [0, 0.1) is 0 Å². The fourth-order valence-electron chi connectivity index (χ4n) is 1.68. The van der Waals surface area contributed by atoms with Crippen molar-refractivity contribution in [3.8, 4) is 0 Å². The van der Waals surface area contributed by atoms with Gasteiger partial charge in [0.2, 0.25) is 5.95 Å². The minimum atomic E-state index is -0.661. The van der Waals surface area contributed by atoms with Crippen LogP contribution in [0.3, 0.4) is 0 Å². The van der Waals surface area contributed by atoms with Gasteiger partial charge in [-0.25, -0.2) is 4.98 Å². The van der Waals surface area contributed by atoms with Gasteiger partial charge in [0.1, 0.15) is 5.52 Å². The summed E-state index contributed by atoms with van der Waals surface area (Å²) in [5.74, 6) is -0.283. The predicted molar refractivity (Wildman–Crippen MR) is 65.9 cm³/mol. The van der Waals surface area contributed by atoms with E-state index >= 15 is 0 Å². The van der Waals surface area contributed by atoms with E-state index in [1.807, 2.05) is 0 Å². The molecule has 0 spiro atoms. The molecule has 0 saturated carbocycles. The number of fused-ring (bicyclic) bond motifs is 1. The molecule has 0 radical (unpaired) electrons. The summed E-state index contributed by atoms with van der Waals surface area (Å²) >= 11 is 5.94. The Morgan fingerprint density at radius 2 is 2.37 bits per heavy atom. The van der Waals surface area contributed by atoms with Gasteiger partial charge in [0, 0.05) is 0 Å². The van der Waals surface area contributed by atoms with Crippen LogP contribution in [0.1, 0.15) is 0 Å². The molecule has 9 heteroatoms. The van der Waals surface area contributed by atoms with E-state index in [1.54, 1.807) is 0 Å². The van der Waals surface area contributed by atoms with E-state index in [4.69, 9.17) is 21.1 Å². The van der Waals surface area contributed by atoms with Crippen LogP contribution in [-0.2, 0) is 14.3 Å². The number of rotatable bonds is 2. The molecule has 0 aliphatic carbocycles. The first-order valence-electron chi connectivity index (χ1n) is 5.61. The lowest BCUT2D eigenvalue weighted by Crippen LogP contribution is -2.39.